The van der Waals surface area contributed by atoms with Gasteiger partial charge in [-0.2, -0.15) is 0 Å². The average Bonchev–Trinajstić information content (AvgIpc) is 2.29. The molecule has 0 radical (unpaired) electrons. The summed E-state index contributed by atoms with van der Waals surface area (Å²) in [6.07, 6.45) is 2.67. The fourth-order valence-electron chi connectivity index (χ4n) is 2.02. The molecule has 2 rings (SSSR count). The van der Waals surface area contributed by atoms with E-state index in [0.29, 0.717) is 0 Å². The molecule has 0 unspecified atom stereocenters. The van der Waals surface area contributed by atoms with E-state index in [2.05, 4.69) is 15.3 Å². The molecule has 1 N–H and O–H groups in total. The van der Waals surface area contributed by atoms with Crippen molar-refractivity contribution in [3.8, 4) is 0 Å². The fraction of sp³-hybridized carbons (Fsp3) is 1.00. The molecule has 0 amide bonds. The van der Waals surface area contributed by atoms with Crippen LogP contribution in [-0.2, 0) is 4.74 Å². The van der Waals surface area contributed by atoms with Gasteiger partial charge < -0.3 is 4.74 Å². The number of hydrogen-bond acceptors (Lipinski definition) is 4. The van der Waals surface area contributed by atoms with Crippen molar-refractivity contribution in [3.05, 3.63) is 0 Å². The Morgan fingerprint density at radius 3 is 2.57 bits per heavy atom. The van der Waals surface area contributed by atoms with Crippen LogP contribution in [0.15, 0.2) is 0 Å². The van der Waals surface area contributed by atoms with E-state index in [0.717, 1.165) is 39.4 Å². The van der Waals surface area contributed by atoms with Gasteiger partial charge in [0, 0.05) is 39.3 Å². The van der Waals surface area contributed by atoms with E-state index in [9.17, 15) is 0 Å². The standard InChI is InChI=1S/C10H21N3O/c1-2-4-13(11-3-1)6-5-12-7-9-14-10-8-12/h11H,1-10H2. The highest BCUT2D eigenvalue weighted by Gasteiger charge is 2.13. The third kappa shape index (κ3) is 3.20. The number of hydrazine groups is 1. The van der Waals surface area contributed by atoms with E-state index in [1.165, 1.54) is 25.9 Å². The van der Waals surface area contributed by atoms with Crippen molar-refractivity contribution >= 4 is 0 Å². The molecule has 2 aliphatic rings. The molecular formula is C10H21N3O. The van der Waals surface area contributed by atoms with Gasteiger partial charge >= 0.3 is 0 Å². The number of hydrogen-bond donors (Lipinski definition) is 1. The van der Waals surface area contributed by atoms with Crippen molar-refractivity contribution in [2.45, 2.75) is 12.8 Å². The highest BCUT2D eigenvalue weighted by Crippen LogP contribution is 2.01. The lowest BCUT2D eigenvalue weighted by molar-refractivity contribution is 0.0281. The molecule has 4 heteroatoms. The summed E-state index contributed by atoms with van der Waals surface area (Å²) in [5.74, 6) is 0. The Balaban J connectivity index is 1.60. The molecule has 2 aliphatic heterocycles. The summed E-state index contributed by atoms with van der Waals surface area (Å²) < 4.78 is 5.32. The van der Waals surface area contributed by atoms with Gasteiger partial charge in [0.05, 0.1) is 13.2 Å². The van der Waals surface area contributed by atoms with Crippen LogP contribution in [0.1, 0.15) is 12.8 Å². The zero-order valence-electron chi connectivity index (χ0n) is 8.87. The van der Waals surface area contributed by atoms with E-state index in [1.54, 1.807) is 0 Å². The second kappa shape index (κ2) is 5.66. The minimum Gasteiger partial charge on any atom is -0.379 e. The first-order valence-electron chi connectivity index (χ1n) is 5.74. The van der Waals surface area contributed by atoms with Crippen LogP contribution in [0.3, 0.4) is 0 Å². The highest BCUT2D eigenvalue weighted by atomic mass is 16.5. The first-order chi connectivity index (χ1) is 6.95. The summed E-state index contributed by atoms with van der Waals surface area (Å²) >= 11 is 0. The van der Waals surface area contributed by atoms with Crippen LogP contribution in [0.25, 0.3) is 0 Å². The summed E-state index contributed by atoms with van der Waals surface area (Å²) in [6.45, 7) is 8.73. The zero-order chi connectivity index (χ0) is 9.64. The summed E-state index contributed by atoms with van der Waals surface area (Å²) in [5.41, 5.74) is 3.43. The summed E-state index contributed by atoms with van der Waals surface area (Å²) in [4.78, 5) is 2.49. The van der Waals surface area contributed by atoms with Crippen LogP contribution in [0.5, 0.6) is 0 Å². The monoisotopic (exact) mass is 199 g/mol. The van der Waals surface area contributed by atoms with E-state index in [-0.39, 0.29) is 0 Å². The van der Waals surface area contributed by atoms with Crippen LogP contribution in [-0.4, -0.2) is 62.4 Å². The maximum Gasteiger partial charge on any atom is 0.0594 e. The topological polar surface area (TPSA) is 27.7 Å². The lowest BCUT2D eigenvalue weighted by Gasteiger charge is -2.32. The molecule has 82 valence electrons. The van der Waals surface area contributed by atoms with Gasteiger partial charge in [-0.15, -0.1) is 0 Å². The molecule has 0 bridgehead atoms. The normalized spacial score (nSPS) is 26.6. The molecule has 0 aromatic heterocycles. The number of nitrogens with one attached hydrogen (secondary N) is 1. The molecule has 2 saturated heterocycles. The maximum absolute atomic E-state index is 5.32. The van der Waals surface area contributed by atoms with Gasteiger partial charge in [0.25, 0.3) is 0 Å². The van der Waals surface area contributed by atoms with Gasteiger partial charge in [-0.3, -0.25) is 10.3 Å². The van der Waals surface area contributed by atoms with Crippen molar-refractivity contribution in [3.63, 3.8) is 0 Å². The number of morpholine rings is 1. The minimum absolute atomic E-state index is 0.910. The molecule has 2 fully saturated rings. The van der Waals surface area contributed by atoms with Gasteiger partial charge in [0.15, 0.2) is 0 Å². The lowest BCUT2D eigenvalue weighted by atomic mass is 10.2. The SMILES string of the molecule is C1CCN(CCN2CCOCC2)NC1. The van der Waals surface area contributed by atoms with Gasteiger partial charge in [-0.25, -0.2) is 5.01 Å². The van der Waals surface area contributed by atoms with Crippen molar-refractivity contribution in [1.29, 1.82) is 0 Å². The highest BCUT2D eigenvalue weighted by molar-refractivity contribution is 4.66. The number of nitrogens with zero attached hydrogens (tertiary/aromatic N) is 2. The van der Waals surface area contributed by atoms with Crippen LogP contribution in [0.2, 0.25) is 0 Å². The van der Waals surface area contributed by atoms with Crippen LogP contribution in [0.4, 0.5) is 0 Å². The summed E-state index contributed by atoms with van der Waals surface area (Å²) in [6, 6.07) is 0. The van der Waals surface area contributed by atoms with E-state index >= 15 is 0 Å². The van der Waals surface area contributed by atoms with E-state index in [1.807, 2.05) is 0 Å². The first kappa shape index (κ1) is 10.4. The molecule has 0 saturated carbocycles. The van der Waals surface area contributed by atoms with Crippen LogP contribution in [0, 0.1) is 0 Å². The Morgan fingerprint density at radius 2 is 1.86 bits per heavy atom. The molecule has 14 heavy (non-hydrogen) atoms. The Labute approximate surface area is 86.2 Å². The van der Waals surface area contributed by atoms with Crippen molar-refractivity contribution in [1.82, 2.24) is 15.3 Å². The zero-order valence-corrected chi connectivity index (χ0v) is 8.87. The molecule has 2 heterocycles. The third-order valence-corrected chi connectivity index (χ3v) is 2.98. The first-order valence-corrected chi connectivity index (χ1v) is 5.74. The van der Waals surface area contributed by atoms with Crippen molar-refractivity contribution in [2.75, 3.05) is 52.5 Å². The van der Waals surface area contributed by atoms with E-state index in [4.69, 9.17) is 4.74 Å². The molecule has 0 spiro atoms. The Hall–Kier alpha value is -0.160. The molecule has 0 aromatic carbocycles. The van der Waals surface area contributed by atoms with Gasteiger partial charge in [-0.1, -0.05) is 0 Å². The molecule has 0 atom stereocenters. The van der Waals surface area contributed by atoms with Gasteiger partial charge in [0.2, 0.25) is 0 Å². The lowest BCUT2D eigenvalue weighted by Crippen LogP contribution is -2.48. The van der Waals surface area contributed by atoms with Crippen LogP contribution >= 0.6 is 0 Å². The Kier molecular flexibility index (Phi) is 4.19. The second-order valence-corrected chi connectivity index (χ2v) is 4.06. The summed E-state index contributed by atoms with van der Waals surface area (Å²) in [7, 11) is 0. The molecule has 0 aromatic rings. The summed E-state index contributed by atoms with van der Waals surface area (Å²) in [5, 5.41) is 2.36. The number of ether oxygens (including phenoxy) is 1. The number of rotatable bonds is 3. The molecular weight excluding hydrogens is 178 g/mol. The Morgan fingerprint density at radius 1 is 1.00 bits per heavy atom. The Bertz CT molecular complexity index is 135. The minimum atomic E-state index is 0.910. The van der Waals surface area contributed by atoms with Crippen molar-refractivity contribution < 1.29 is 4.74 Å². The maximum atomic E-state index is 5.32. The smallest absolute Gasteiger partial charge is 0.0594 e. The van der Waals surface area contributed by atoms with Crippen LogP contribution < -0.4 is 5.43 Å². The van der Waals surface area contributed by atoms with Crippen molar-refractivity contribution in [2.24, 2.45) is 0 Å². The van der Waals surface area contributed by atoms with Gasteiger partial charge in [0.1, 0.15) is 0 Å². The predicted molar refractivity (Wildman–Crippen MR) is 56.1 cm³/mol. The van der Waals surface area contributed by atoms with Gasteiger partial charge in [-0.05, 0) is 12.8 Å². The molecule has 0 aliphatic carbocycles. The second-order valence-electron chi connectivity index (χ2n) is 4.06. The quantitative estimate of drug-likeness (QED) is 0.688. The molecule has 4 nitrogen and oxygen atoms in total. The van der Waals surface area contributed by atoms with E-state index < -0.39 is 0 Å². The predicted octanol–water partition coefficient (Wildman–Crippen LogP) is -0.0810. The average molecular weight is 199 g/mol. The largest absolute Gasteiger partial charge is 0.379 e. The fourth-order valence-corrected chi connectivity index (χ4v) is 2.02. The third-order valence-electron chi connectivity index (χ3n) is 2.98.